The van der Waals surface area contributed by atoms with Crippen LogP contribution in [-0.4, -0.2) is 92.3 Å². The van der Waals surface area contributed by atoms with Crippen LogP contribution in [0.1, 0.15) is 71.2 Å². The molecule has 1 amide bonds. The van der Waals surface area contributed by atoms with E-state index in [2.05, 4.69) is 45.5 Å². The molecule has 2 aromatic rings. The molecule has 41 heavy (non-hydrogen) atoms. The number of aliphatic hydroxyl groups excluding tert-OH is 1. The van der Waals surface area contributed by atoms with Gasteiger partial charge in [0.1, 0.15) is 0 Å². The summed E-state index contributed by atoms with van der Waals surface area (Å²) in [6.07, 6.45) is 0.273. The number of carbonyl (C=O) groups excluding carboxylic acids is 1. The van der Waals surface area contributed by atoms with Gasteiger partial charge in [0.2, 0.25) is 0 Å². The number of aryl methyl sites for hydroxylation is 1. The molecular formula is C30H45ClN6O3Sn. The van der Waals surface area contributed by atoms with Crippen LogP contribution in [0.15, 0.2) is 23.3 Å². The van der Waals surface area contributed by atoms with Crippen LogP contribution in [0.3, 0.4) is 0 Å². The van der Waals surface area contributed by atoms with Gasteiger partial charge in [0.25, 0.3) is 0 Å². The SMILES string of the molecule is Cc1ccnc(C(C)C)c1N1c2n[c]([Sn]([CH3])([CH3])[CH3])c(Cl)cc2C(N2C[C@@H](C)N(C(=O)OC(C)(C)C)C[C@@H]2C)=NC1O. The maximum absolute atomic E-state index is 13.0. The molecule has 9 nitrogen and oxygen atoms in total. The average molecular weight is 692 g/mol. The first kappa shape index (κ1) is 31.8. The predicted molar refractivity (Wildman–Crippen MR) is 169 cm³/mol. The Morgan fingerprint density at radius 1 is 1.17 bits per heavy atom. The van der Waals surface area contributed by atoms with Crippen molar-refractivity contribution in [1.82, 2.24) is 19.8 Å². The molecule has 2 aliphatic rings. The third kappa shape index (κ3) is 6.46. The van der Waals surface area contributed by atoms with Gasteiger partial charge in [-0.05, 0) is 20.8 Å². The molecule has 3 atom stereocenters. The number of aromatic nitrogens is 2. The van der Waals surface area contributed by atoms with E-state index in [1.165, 1.54) is 0 Å². The van der Waals surface area contributed by atoms with E-state index in [4.69, 9.17) is 26.3 Å². The first-order valence-corrected chi connectivity index (χ1v) is 24.8. The topological polar surface area (TPSA) is 94.4 Å². The van der Waals surface area contributed by atoms with Gasteiger partial charge in [-0.25, -0.2) is 0 Å². The van der Waals surface area contributed by atoms with Crippen molar-refractivity contribution in [2.24, 2.45) is 4.99 Å². The van der Waals surface area contributed by atoms with Crippen LogP contribution in [-0.2, 0) is 4.74 Å². The average Bonchev–Trinajstić information content (AvgIpc) is 2.83. The monoisotopic (exact) mass is 692 g/mol. The number of aliphatic hydroxyl groups is 1. The van der Waals surface area contributed by atoms with Crippen LogP contribution in [0.4, 0.5) is 16.3 Å². The van der Waals surface area contributed by atoms with Crippen molar-refractivity contribution < 1.29 is 14.6 Å². The fraction of sp³-hybridized carbons (Fsp3) is 0.600. The number of amides is 1. The van der Waals surface area contributed by atoms with Crippen LogP contribution in [0, 0.1) is 6.92 Å². The second kappa shape index (κ2) is 11.5. The first-order chi connectivity index (χ1) is 18.9. The van der Waals surface area contributed by atoms with Crippen molar-refractivity contribution in [2.45, 2.75) is 100 Å². The summed E-state index contributed by atoms with van der Waals surface area (Å²) in [6.45, 7) is 16.9. The van der Waals surface area contributed by atoms with Crippen LogP contribution in [0.25, 0.3) is 0 Å². The number of anilines is 2. The van der Waals surface area contributed by atoms with Crippen LogP contribution in [0.2, 0.25) is 19.8 Å². The third-order valence-corrected chi connectivity index (χ3v) is 13.3. The molecule has 1 N–H and O–H groups in total. The summed E-state index contributed by atoms with van der Waals surface area (Å²) < 4.78 is 6.63. The molecule has 0 aromatic carbocycles. The van der Waals surface area contributed by atoms with Crippen LogP contribution >= 0.6 is 11.6 Å². The number of carbonyl (C=O) groups is 1. The van der Waals surface area contributed by atoms with E-state index in [9.17, 15) is 9.90 Å². The fourth-order valence-corrected chi connectivity index (χ4v) is 11.0. The summed E-state index contributed by atoms with van der Waals surface area (Å²) >= 11 is 4.17. The number of pyridine rings is 2. The Hall–Kier alpha value is -2.11. The van der Waals surface area contributed by atoms with Crippen molar-refractivity contribution in [2.75, 3.05) is 18.0 Å². The van der Waals surface area contributed by atoms with Gasteiger partial charge in [-0.2, -0.15) is 0 Å². The summed E-state index contributed by atoms with van der Waals surface area (Å²) in [5.74, 6) is 1.40. The molecule has 0 spiro atoms. The Kier molecular flexibility index (Phi) is 8.94. The third-order valence-electron chi connectivity index (χ3n) is 7.43. The maximum atomic E-state index is 13.0. The Morgan fingerprint density at radius 3 is 2.41 bits per heavy atom. The number of piperazine rings is 1. The number of hydrogen-bond acceptors (Lipinski definition) is 8. The van der Waals surface area contributed by atoms with E-state index >= 15 is 0 Å². The zero-order valence-corrected chi connectivity index (χ0v) is 29.9. The normalized spacial score (nSPS) is 21.7. The minimum absolute atomic E-state index is 0.0873. The molecule has 4 rings (SSSR count). The number of hydrogen-bond donors (Lipinski definition) is 1. The molecule has 1 saturated heterocycles. The molecule has 2 aromatic heterocycles. The zero-order valence-electron chi connectivity index (χ0n) is 26.3. The zero-order chi connectivity index (χ0) is 30.6. The Balaban J connectivity index is 1.84. The van der Waals surface area contributed by atoms with Crippen molar-refractivity contribution in [3.63, 3.8) is 0 Å². The van der Waals surface area contributed by atoms with Gasteiger partial charge < -0.3 is 0 Å². The summed E-state index contributed by atoms with van der Waals surface area (Å²) in [6, 6.07) is 3.70. The Morgan fingerprint density at radius 2 is 1.83 bits per heavy atom. The number of halogens is 1. The van der Waals surface area contributed by atoms with Gasteiger partial charge >= 0.3 is 234 Å². The molecule has 1 unspecified atom stereocenters. The standard InChI is InChI=1S/C27H36ClN6O3.3CH3.Sn/c1-15(2)21-22(16(3)9-10-29-21)34-23-20(11-19(28)12-30-23)24(31-25(34)35)32-13-18(5)33(14-17(32)4)26(36)37-27(6,7)8;;;;/h9-11,15,17-18,25,35H,13-14H2,1-8H3;3*1H3;/t17-,18+,25?;;;;/m0..../s1. The van der Waals surface area contributed by atoms with Crippen LogP contribution in [0.5, 0.6) is 0 Å². The molecule has 0 bridgehead atoms. The van der Waals surface area contributed by atoms with E-state index in [0.29, 0.717) is 29.8 Å². The second-order valence-corrected chi connectivity index (χ2v) is 28.2. The number of fused-ring (bicyclic) bond motifs is 1. The molecule has 4 heterocycles. The quantitative estimate of drug-likeness (QED) is 0.419. The van der Waals surface area contributed by atoms with E-state index in [1.807, 2.05) is 51.7 Å². The predicted octanol–water partition coefficient (Wildman–Crippen LogP) is 5.61. The number of nitrogens with zero attached hydrogens (tertiary/aromatic N) is 6. The molecule has 0 saturated carbocycles. The Bertz CT molecular complexity index is 1350. The van der Waals surface area contributed by atoms with E-state index in [-0.39, 0.29) is 24.1 Å². The van der Waals surface area contributed by atoms with Crippen molar-refractivity contribution in [3.8, 4) is 0 Å². The van der Waals surface area contributed by atoms with Crippen LogP contribution < -0.4 is 8.61 Å². The first-order valence-electron chi connectivity index (χ1n) is 14.4. The summed E-state index contributed by atoms with van der Waals surface area (Å²) in [4.78, 5) is 40.3. The van der Waals surface area contributed by atoms with Crippen molar-refractivity contribution in [1.29, 1.82) is 0 Å². The molecule has 0 aliphatic carbocycles. The molecule has 224 valence electrons. The second-order valence-electron chi connectivity index (χ2n) is 13.6. The number of ether oxygens (including phenoxy) is 1. The van der Waals surface area contributed by atoms with Crippen molar-refractivity contribution >= 4 is 57.1 Å². The fourth-order valence-electron chi connectivity index (χ4n) is 5.45. The van der Waals surface area contributed by atoms with E-state index in [1.54, 1.807) is 11.1 Å². The molecule has 2 aliphatic heterocycles. The minimum atomic E-state index is -2.77. The molecule has 0 radical (unpaired) electrons. The molecule has 1 fully saturated rings. The molecular weight excluding hydrogens is 647 g/mol. The van der Waals surface area contributed by atoms with Crippen molar-refractivity contribution in [3.05, 3.63) is 40.2 Å². The number of rotatable bonds is 3. The summed E-state index contributed by atoms with van der Waals surface area (Å²) in [7, 11) is 0. The van der Waals surface area contributed by atoms with Gasteiger partial charge in [-0.15, -0.1) is 0 Å². The van der Waals surface area contributed by atoms with Gasteiger partial charge in [0.05, 0.1) is 0 Å². The van der Waals surface area contributed by atoms with Gasteiger partial charge in [-0.1, -0.05) is 0 Å². The number of amidine groups is 1. The van der Waals surface area contributed by atoms with E-state index in [0.717, 1.165) is 26.2 Å². The van der Waals surface area contributed by atoms with E-state index < -0.39 is 30.3 Å². The summed E-state index contributed by atoms with van der Waals surface area (Å²) in [5, 5.41) is 12.4. The number of aliphatic imine (C=N–C) groups is 1. The summed E-state index contributed by atoms with van der Waals surface area (Å²) in [5.41, 5.74) is 2.87. The Labute approximate surface area is 253 Å². The van der Waals surface area contributed by atoms with Gasteiger partial charge in [-0.3, -0.25) is 0 Å². The molecule has 11 heteroatoms. The van der Waals surface area contributed by atoms with Gasteiger partial charge in [0.15, 0.2) is 0 Å². The van der Waals surface area contributed by atoms with Gasteiger partial charge in [0, 0.05) is 0 Å².